The van der Waals surface area contributed by atoms with E-state index in [2.05, 4.69) is 39.0 Å². The minimum atomic E-state index is 0.770. The summed E-state index contributed by atoms with van der Waals surface area (Å²) in [6, 6.07) is 6.75. The Bertz CT molecular complexity index is 312. The summed E-state index contributed by atoms with van der Waals surface area (Å²) in [5.74, 6) is 1.54. The van der Waals surface area contributed by atoms with Gasteiger partial charge in [-0.2, -0.15) is 0 Å². The van der Waals surface area contributed by atoms with E-state index in [1.54, 1.807) is 11.1 Å². The van der Waals surface area contributed by atoms with Crippen LogP contribution in [0.15, 0.2) is 18.2 Å². The largest absolute Gasteiger partial charge is 0.0617 e. The molecule has 0 nitrogen and oxygen atoms in total. The van der Waals surface area contributed by atoms with Crippen LogP contribution in [0.3, 0.4) is 0 Å². The highest BCUT2D eigenvalue weighted by Crippen LogP contribution is 2.39. The van der Waals surface area contributed by atoms with E-state index >= 15 is 0 Å². The average molecular weight is 174 g/mol. The van der Waals surface area contributed by atoms with E-state index in [0.29, 0.717) is 0 Å². The highest BCUT2D eigenvalue weighted by molar-refractivity contribution is 5.40. The van der Waals surface area contributed by atoms with Crippen LogP contribution in [-0.2, 0) is 0 Å². The molecule has 0 aliphatic heterocycles. The number of hydrogen-bond acceptors (Lipinski definition) is 0. The first kappa shape index (κ1) is 8.80. The summed E-state index contributed by atoms with van der Waals surface area (Å²) in [5, 5.41) is 0. The van der Waals surface area contributed by atoms with Gasteiger partial charge >= 0.3 is 0 Å². The van der Waals surface area contributed by atoms with Gasteiger partial charge in [-0.25, -0.2) is 0 Å². The summed E-state index contributed by atoms with van der Waals surface area (Å²) >= 11 is 0. The Hall–Kier alpha value is -0.780. The molecule has 0 fully saturated rings. The Morgan fingerprint density at radius 3 is 2.46 bits per heavy atom. The first-order valence-electron chi connectivity index (χ1n) is 5.29. The lowest BCUT2D eigenvalue weighted by Gasteiger charge is -2.28. The van der Waals surface area contributed by atoms with Crippen LogP contribution in [0.1, 0.15) is 55.2 Å². The number of fused-ring (bicyclic) bond motifs is 1. The van der Waals surface area contributed by atoms with Gasteiger partial charge < -0.3 is 0 Å². The van der Waals surface area contributed by atoms with Crippen LogP contribution < -0.4 is 0 Å². The van der Waals surface area contributed by atoms with Gasteiger partial charge in [-0.05, 0) is 48.3 Å². The molecule has 0 radical (unpaired) electrons. The van der Waals surface area contributed by atoms with Gasteiger partial charge in [-0.15, -0.1) is 0 Å². The molecule has 1 aromatic rings. The van der Waals surface area contributed by atoms with Crippen LogP contribution in [0, 0.1) is 6.92 Å². The highest BCUT2D eigenvalue weighted by Gasteiger charge is 2.22. The molecule has 0 bridgehead atoms. The smallest absolute Gasteiger partial charge is 0.0185 e. The molecule has 2 rings (SSSR count). The summed E-state index contributed by atoms with van der Waals surface area (Å²) in [6.07, 6.45) is 2.72. The SMILES string of the molecule is Cc1cccc2c1C(C)CCC2C. The lowest BCUT2D eigenvalue weighted by molar-refractivity contribution is 0.525. The maximum absolute atomic E-state index is 2.36. The molecule has 0 aromatic heterocycles. The quantitative estimate of drug-likeness (QED) is 0.557. The molecule has 0 N–H and O–H groups in total. The molecule has 0 amide bonds. The third-order valence-electron chi connectivity index (χ3n) is 3.41. The van der Waals surface area contributed by atoms with E-state index in [4.69, 9.17) is 0 Å². The summed E-state index contributed by atoms with van der Waals surface area (Å²) in [6.45, 7) is 6.95. The summed E-state index contributed by atoms with van der Waals surface area (Å²) in [5.41, 5.74) is 4.71. The second-order valence-electron chi connectivity index (χ2n) is 4.46. The highest BCUT2D eigenvalue weighted by atomic mass is 14.3. The molecule has 0 heteroatoms. The van der Waals surface area contributed by atoms with E-state index in [0.717, 1.165) is 11.8 Å². The van der Waals surface area contributed by atoms with Crippen molar-refractivity contribution < 1.29 is 0 Å². The Morgan fingerprint density at radius 1 is 1.08 bits per heavy atom. The monoisotopic (exact) mass is 174 g/mol. The molecular weight excluding hydrogens is 156 g/mol. The van der Waals surface area contributed by atoms with Crippen LogP contribution >= 0.6 is 0 Å². The van der Waals surface area contributed by atoms with Crippen molar-refractivity contribution >= 4 is 0 Å². The second-order valence-corrected chi connectivity index (χ2v) is 4.46. The van der Waals surface area contributed by atoms with Crippen LogP contribution in [0.2, 0.25) is 0 Å². The molecule has 2 atom stereocenters. The summed E-state index contributed by atoms with van der Waals surface area (Å²) < 4.78 is 0. The van der Waals surface area contributed by atoms with E-state index in [1.165, 1.54) is 18.4 Å². The summed E-state index contributed by atoms with van der Waals surface area (Å²) in [7, 11) is 0. The maximum Gasteiger partial charge on any atom is -0.0185 e. The lowest BCUT2D eigenvalue weighted by atomic mass is 9.76. The van der Waals surface area contributed by atoms with Gasteiger partial charge in [-0.3, -0.25) is 0 Å². The molecule has 0 spiro atoms. The summed E-state index contributed by atoms with van der Waals surface area (Å²) in [4.78, 5) is 0. The van der Waals surface area contributed by atoms with Gasteiger partial charge in [0.25, 0.3) is 0 Å². The fourth-order valence-corrected chi connectivity index (χ4v) is 2.61. The molecule has 2 unspecified atom stereocenters. The zero-order valence-electron chi connectivity index (χ0n) is 8.80. The van der Waals surface area contributed by atoms with E-state index < -0.39 is 0 Å². The predicted octanol–water partition coefficient (Wildman–Crippen LogP) is 4.00. The Kier molecular flexibility index (Phi) is 2.15. The molecule has 0 saturated heterocycles. The third-order valence-corrected chi connectivity index (χ3v) is 3.41. The topological polar surface area (TPSA) is 0 Å². The van der Waals surface area contributed by atoms with Crippen LogP contribution in [0.25, 0.3) is 0 Å². The maximum atomic E-state index is 2.36. The molecule has 0 heterocycles. The Labute approximate surface area is 81.0 Å². The third kappa shape index (κ3) is 1.39. The van der Waals surface area contributed by atoms with Crippen molar-refractivity contribution in [2.45, 2.75) is 45.4 Å². The van der Waals surface area contributed by atoms with Gasteiger partial charge in [0, 0.05) is 0 Å². The van der Waals surface area contributed by atoms with Crippen molar-refractivity contribution in [2.75, 3.05) is 0 Å². The number of rotatable bonds is 0. The van der Waals surface area contributed by atoms with Gasteiger partial charge in [0.15, 0.2) is 0 Å². The van der Waals surface area contributed by atoms with Crippen LogP contribution in [-0.4, -0.2) is 0 Å². The zero-order chi connectivity index (χ0) is 9.42. The Balaban J connectivity index is 2.56. The molecule has 1 aliphatic rings. The van der Waals surface area contributed by atoms with Crippen molar-refractivity contribution in [1.29, 1.82) is 0 Å². The van der Waals surface area contributed by atoms with Crippen LogP contribution in [0.4, 0.5) is 0 Å². The average Bonchev–Trinajstić information content (AvgIpc) is 2.12. The minimum absolute atomic E-state index is 0.770. The van der Waals surface area contributed by atoms with Crippen molar-refractivity contribution in [3.8, 4) is 0 Å². The standard InChI is InChI=1S/C13H18/c1-9-7-8-11(3)13-10(2)5-4-6-12(9)13/h4-6,9,11H,7-8H2,1-3H3. The Morgan fingerprint density at radius 2 is 1.77 bits per heavy atom. The number of benzene rings is 1. The first-order chi connectivity index (χ1) is 6.20. The van der Waals surface area contributed by atoms with Gasteiger partial charge in [0.1, 0.15) is 0 Å². The van der Waals surface area contributed by atoms with E-state index in [-0.39, 0.29) is 0 Å². The first-order valence-corrected chi connectivity index (χ1v) is 5.29. The normalized spacial score (nSPS) is 27.0. The molecule has 13 heavy (non-hydrogen) atoms. The molecule has 70 valence electrons. The van der Waals surface area contributed by atoms with Gasteiger partial charge in [0.2, 0.25) is 0 Å². The van der Waals surface area contributed by atoms with E-state index in [9.17, 15) is 0 Å². The van der Waals surface area contributed by atoms with Crippen molar-refractivity contribution in [3.05, 3.63) is 34.9 Å². The van der Waals surface area contributed by atoms with Gasteiger partial charge in [-0.1, -0.05) is 32.0 Å². The predicted molar refractivity (Wildman–Crippen MR) is 57.2 cm³/mol. The van der Waals surface area contributed by atoms with E-state index in [1.807, 2.05) is 0 Å². The molecular formula is C13H18. The zero-order valence-corrected chi connectivity index (χ0v) is 8.80. The van der Waals surface area contributed by atoms with Crippen molar-refractivity contribution in [2.24, 2.45) is 0 Å². The fourth-order valence-electron chi connectivity index (χ4n) is 2.61. The van der Waals surface area contributed by atoms with Crippen molar-refractivity contribution in [1.82, 2.24) is 0 Å². The van der Waals surface area contributed by atoms with Crippen LogP contribution in [0.5, 0.6) is 0 Å². The molecule has 1 aromatic carbocycles. The lowest BCUT2D eigenvalue weighted by Crippen LogP contribution is -2.11. The minimum Gasteiger partial charge on any atom is -0.0617 e. The molecule has 1 aliphatic carbocycles. The number of hydrogen-bond donors (Lipinski definition) is 0. The second kappa shape index (κ2) is 3.17. The molecule has 0 saturated carbocycles. The van der Waals surface area contributed by atoms with Gasteiger partial charge in [0.05, 0.1) is 0 Å². The number of aryl methyl sites for hydroxylation is 1. The van der Waals surface area contributed by atoms with Crippen molar-refractivity contribution in [3.63, 3.8) is 0 Å². The fraction of sp³-hybridized carbons (Fsp3) is 0.538.